The fourth-order valence-corrected chi connectivity index (χ4v) is 2.36. The summed E-state index contributed by atoms with van der Waals surface area (Å²) in [6.45, 7) is 6.31. The molecule has 1 amide bonds. The molecule has 118 valence electrons. The number of nitrogens with two attached hydrogens (primary N) is 1. The number of amides is 1. The summed E-state index contributed by atoms with van der Waals surface area (Å²) in [5.74, 6) is 1.27. The first-order chi connectivity index (χ1) is 9.56. The molecule has 1 aliphatic heterocycles. The number of carbonyl (C=O) groups excluding carboxylic acids is 1. The molecule has 0 aliphatic carbocycles. The molecule has 1 fully saturated rings. The number of likely N-dealkylation sites (tertiary alicyclic amines) is 1. The van der Waals surface area contributed by atoms with Crippen LogP contribution in [-0.4, -0.2) is 36.5 Å². The van der Waals surface area contributed by atoms with E-state index in [2.05, 4.69) is 13.8 Å². The van der Waals surface area contributed by atoms with Gasteiger partial charge in [-0.25, -0.2) is 0 Å². The van der Waals surface area contributed by atoms with Crippen LogP contribution in [0.2, 0.25) is 0 Å². The molecule has 0 saturated carbocycles. The van der Waals surface area contributed by atoms with Crippen LogP contribution in [0.25, 0.3) is 0 Å². The summed E-state index contributed by atoms with van der Waals surface area (Å²) in [5, 5.41) is 0. The molecule has 1 aliphatic rings. The van der Waals surface area contributed by atoms with Gasteiger partial charge in [-0.15, -0.1) is 12.4 Å². The molecule has 0 spiro atoms. The summed E-state index contributed by atoms with van der Waals surface area (Å²) in [6.07, 6.45) is 1.98. The third-order valence-electron chi connectivity index (χ3n) is 3.41. The lowest BCUT2D eigenvalue weighted by atomic mass is 10.1. The smallest absolute Gasteiger partial charge is 0.254 e. The number of hydrogen-bond donors (Lipinski definition) is 1. The maximum Gasteiger partial charge on any atom is 0.254 e. The van der Waals surface area contributed by atoms with E-state index in [4.69, 9.17) is 10.5 Å². The lowest BCUT2D eigenvalue weighted by Crippen LogP contribution is -2.45. The van der Waals surface area contributed by atoms with E-state index in [9.17, 15) is 4.79 Å². The first-order valence-electron chi connectivity index (χ1n) is 7.34. The zero-order valence-electron chi connectivity index (χ0n) is 12.7. The Morgan fingerprint density at radius 2 is 2.24 bits per heavy atom. The SMILES string of the molecule is CC(C)COc1cccc(C(=O)N2CCCC(N)C2)c1.Cl. The highest BCUT2D eigenvalue weighted by atomic mass is 35.5. The van der Waals surface area contributed by atoms with E-state index in [0.29, 0.717) is 24.6 Å². The Hall–Kier alpha value is -1.26. The Morgan fingerprint density at radius 1 is 1.48 bits per heavy atom. The number of carbonyl (C=O) groups is 1. The van der Waals surface area contributed by atoms with Crippen LogP contribution in [0, 0.1) is 5.92 Å². The molecule has 1 aromatic carbocycles. The van der Waals surface area contributed by atoms with Gasteiger partial charge < -0.3 is 15.4 Å². The van der Waals surface area contributed by atoms with Crippen molar-refractivity contribution in [3.8, 4) is 5.75 Å². The van der Waals surface area contributed by atoms with Gasteiger partial charge in [0.05, 0.1) is 6.61 Å². The molecule has 0 aromatic heterocycles. The zero-order chi connectivity index (χ0) is 14.5. The highest BCUT2D eigenvalue weighted by molar-refractivity contribution is 5.94. The molecule has 1 atom stereocenters. The average Bonchev–Trinajstić information content (AvgIpc) is 2.44. The molecule has 1 saturated heterocycles. The molecule has 0 bridgehead atoms. The normalized spacial score (nSPS) is 18.3. The van der Waals surface area contributed by atoms with Gasteiger partial charge in [0.25, 0.3) is 5.91 Å². The van der Waals surface area contributed by atoms with Gasteiger partial charge in [-0.2, -0.15) is 0 Å². The molecule has 5 heteroatoms. The van der Waals surface area contributed by atoms with Crippen LogP contribution in [0.5, 0.6) is 5.75 Å². The molecular formula is C16H25ClN2O2. The maximum absolute atomic E-state index is 12.5. The summed E-state index contributed by atoms with van der Waals surface area (Å²) in [5.41, 5.74) is 6.61. The van der Waals surface area contributed by atoms with Gasteiger partial charge in [0, 0.05) is 24.7 Å². The molecule has 4 nitrogen and oxygen atoms in total. The van der Waals surface area contributed by atoms with E-state index in [1.165, 1.54) is 0 Å². The Bertz CT molecular complexity index is 465. The zero-order valence-corrected chi connectivity index (χ0v) is 13.6. The number of hydrogen-bond acceptors (Lipinski definition) is 3. The summed E-state index contributed by atoms with van der Waals surface area (Å²) in [6, 6.07) is 7.52. The van der Waals surface area contributed by atoms with Crippen molar-refractivity contribution >= 4 is 18.3 Å². The van der Waals surface area contributed by atoms with E-state index in [1.54, 1.807) is 0 Å². The quantitative estimate of drug-likeness (QED) is 0.930. The van der Waals surface area contributed by atoms with Crippen LogP contribution >= 0.6 is 12.4 Å². The van der Waals surface area contributed by atoms with Crippen molar-refractivity contribution in [3.63, 3.8) is 0 Å². The predicted molar refractivity (Wildman–Crippen MR) is 87.1 cm³/mol. The van der Waals surface area contributed by atoms with Crippen LogP contribution in [0.4, 0.5) is 0 Å². The van der Waals surface area contributed by atoms with Gasteiger partial charge >= 0.3 is 0 Å². The number of nitrogens with zero attached hydrogens (tertiary/aromatic N) is 1. The molecule has 1 heterocycles. The van der Waals surface area contributed by atoms with Crippen LogP contribution in [-0.2, 0) is 0 Å². The van der Waals surface area contributed by atoms with E-state index < -0.39 is 0 Å². The van der Waals surface area contributed by atoms with Crippen molar-refractivity contribution in [2.45, 2.75) is 32.7 Å². The van der Waals surface area contributed by atoms with Gasteiger partial charge in [0.2, 0.25) is 0 Å². The second kappa shape index (κ2) is 8.25. The highest BCUT2D eigenvalue weighted by Gasteiger charge is 2.22. The first kappa shape index (κ1) is 17.8. The van der Waals surface area contributed by atoms with Gasteiger partial charge in [-0.1, -0.05) is 19.9 Å². The van der Waals surface area contributed by atoms with E-state index >= 15 is 0 Å². The molecule has 0 radical (unpaired) electrons. The van der Waals surface area contributed by atoms with Gasteiger partial charge in [-0.3, -0.25) is 4.79 Å². The molecular weight excluding hydrogens is 288 g/mol. The van der Waals surface area contributed by atoms with Gasteiger partial charge in [0.1, 0.15) is 5.75 Å². The number of rotatable bonds is 4. The van der Waals surface area contributed by atoms with Crippen molar-refractivity contribution < 1.29 is 9.53 Å². The topological polar surface area (TPSA) is 55.6 Å². The van der Waals surface area contributed by atoms with Crippen LogP contribution in [0.1, 0.15) is 37.0 Å². The Labute approximate surface area is 133 Å². The second-order valence-electron chi connectivity index (χ2n) is 5.89. The Kier molecular flexibility index (Phi) is 6.99. The fraction of sp³-hybridized carbons (Fsp3) is 0.562. The Morgan fingerprint density at radius 3 is 2.90 bits per heavy atom. The second-order valence-corrected chi connectivity index (χ2v) is 5.89. The minimum Gasteiger partial charge on any atom is -0.493 e. The van der Waals surface area contributed by atoms with Gasteiger partial charge in [-0.05, 0) is 37.0 Å². The van der Waals surface area contributed by atoms with Crippen LogP contribution in [0.15, 0.2) is 24.3 Å². The highest BCUT2D eigenvalue weighted by Crippen LogP contribution is 2.18. The monoisotopic (exact) mass is 312 g/mol. The largest absolute Gasteiger partial charge is 0.493 e. The molecule has 2 N–H and O–H groups in total. The third-order valence-corrected chi connectivity index (χ3v) is 3.41. The summed E-state index contributed by atoms with van der Waals surface area (Å²) >= 11 is 0. The van der Waals surface area contributed by atoms with Crippen LogP contribution < -0.4 is 10.5 Å². The van der Waals surface area contributed by atoms with Crippen molar-refractivity contribution in [3.05, 3.63) is 29.8 Å². The van der Waals surface area contributed by atoms with Crippen molar-refractivity contribution in [2.24, 2.45) is 11.7 Å². The lowest BCUT2D eigenvalue weighted by Gasteiger charge is -2.30. The lowest BCUT2D eigenvalue weighted by molar-refractivity contribution is 0.0708. The third kappa shape index (κ3) is 5.21. The maximum atomic E-state index is 12.5. The number of benzene rings is 1. The van der Waals surface area contributed by atoms with Crippen molar-refractivity contribution in [2.75, 3.05) is 19.7 Å². The predicted octanol–water partition coefficient (Wildman–Crippen LogP) is 2.71. The summed E-state index contributed by atoms with van der Waals surface area (Å²) in [7, 11) is 0. The number of piperidine rings is 1. The number of halogens is 1. The van der Waals surface area contributed by atoms with E-state index in [1.807, 2.05) is 29.2 Å². The Balaban J connectivity index is 0.00000220. The summed E-state index contributed by atoms with van der Waals surface area (Å²) < 4.78 is 5.67. The summed E-state index contributed by atoms with van der Waals surface area (Å²) in [4.78, 5) is 14.3. The fourth-order valence-electron chi connectivity index (χ4n) is 2.36. The minimum absolute atomic E-state index is 0. The van der Waals surface area contributed by atoms with Gasteiger partial charge in [0.15, 0.2) is 0 Å². The van der Waals surface area contributed by atoms with Crippen LogP contribution in [0.3, 0.4) is 0 Å². The van der Waals surface area contributed by atoms with E-state index in [0.717, 1.165) is 25.1 Å². The molecule has 1 unspecified atom stereocenters. The number of ether oxygens (including phenoxy) is 1. The standard InChI is InChI=1S/C16H24N2O2.ClH/c1-12(2)11-20-15-7-3-5-13(9-15)16(19)18-8-4-6-14(17)10-18;/h3,5,7,9,12,14H,4,6,8,10-11,17H2,1-2H3;1H. The molecule has 1 aromatic rings. The van der Waals surface area contributed by atoms with Crippen molar-refractivity contribution in [1.29, 1.82) is 0 Å². The molecule has 21 heavy (non-hydrogen) atoms. The average molecular weight is 313 g/mol. The van der Waals surface area contributed by atoms with Crippen molar-refractivity contribution in [1.82, 2.24) is 4.90 Å². The van der Waals surface area contributed by atoms with E-state index in [-0.39, 0.29) is 24.4 Å². The minimum atomic E-state index is 0. The first-order valence-corrected chi connectivity index (χ1v) is 7.34. The molecule has 2 rings (SSSR count).